The molecule has 2 amide bonds. The van der Waals surface area contributed by atoms with Crippen molar-refractivity contribution in [3.63, 3.8) is 0 Å². The summed E-state index contributed by atoms with van der Waals surface area (Å²) in [7, 11) is 0. The van der Waals surface area contributed by atoms with Crippen LogP contribution in [0, 0.1) is 0 Å². The van der Waals surface area contributed by atoms with E-state index in [-0.39, 0.29) is 26.4 Å². The highest BCUT2D eigenvalue weighted by molar-refractivity contribution is 5.86. The van der Waals surface area contributed by atoms with Crippen LogP contribution in [-0.4, -0.2) is 73.2 Å². The van der Waals surface area contributed by atoms with Crippen molar-refractivity contribution in [2.24, 2.45) is 0 Å². The van der Waals surface area contributed by atoms with Crippen LogP contribution < -0.4 is 16.4 Å². The van der Waals surface area contributed by atoms with Crippen LogP contribution in [0.2, 0.25) is 0 Å². The minimum Gasteiger partial charge on any atom is -0.444 e. The molecule has 0 aliphatic rings. The van der Waals surface area contributed by atoms with E-state index in [0.717, 1.165) is 22.3 Å². The highest BCUT2D eigenvalue weighted by Crippen LogP contribution is 2.24. The van der Waals surface area contributed by atoms with Gasteiger partial charge in [0, 0.05) is 17.1 Å². The number of anilines is 3. The molecule has 3 rings (SSSR count). The second-order valence-corrected chi connectivity index (χ2v) is 11.2. The van der Waals surface area contributed by atoms with Gasteiger partial charge >= 0.3 is 12.2 Å². The number of nitrogens with one attached hydrogen (secondary N) is 2. The second-order valence-electron chi connectivity index (χ2n) is 11.2. The number of nitrogens with two attached hydrogens (primary N) is 1. The molecule has 0 fully saturated rings. The van der Waals surface area contributed by atoms with Crippen molar-refractivity contribution < 1.29 is 38.7 Å². The molecular weight excluding hydrogens is 578 g/mol. The maximum absolute atomic E-state index is 12.8. The molecule has 0 radical (unpaired) electrons. The number of benzene rings is 3. The monoisotopic (exact) mass is 623 g/mol. The molecule has 4 atom stereocenters. The van der Waals surface area contributed by atoms with E-state index in [1.54, 1.807) is 39.8 Å². The Hall–Kier alpha value is -4.16. The molecule has 11 heteroatoms. The Bertz CT molecular complexity index is 1350. The summed E-state index contributed by atoms with van der Waals surface area (Å²) in [6, 6.07) is 20.9. The molecule has 0 heterocycles. The number of carbonyl (C=O) groups excluding carboxylic acids is 2. The van der Waals surface area contributed by atoms with E-state index >= 15 is 0 Å². The molecule has 0 spiro atoms. The summed E-state index contributed by atoms with van der Waals surface area (Å²) in [5, 5.41) is 24.2. The molecule has 0 saturated carbocycles. The first-order valence-electron chi connectivity index (χ1n) is 15.0. The number of rotatable bonds is 16. The third-order valence-electron chi connectivity index (χ3n) is 6.43. The van der Waals surface area contributed by atoms with E-state index < -0.39 is 36.6 Å². The molecule has 0 aliphatic carbocycles. The lowest BCUT2D eigenvalue weighted by atomic mass is 9.98. The SMILES string of the molecule is CC(O)COCC(C)OC(=O)Nc1ccc(Cc2ccc(Cc3ccc(N)cc3)c(NC(=O)OC(C)COCC(C)O)c2)cc1. The third-order valence-corrected chi connectivity index (χ3v) is 6.43. The summed E-state index contributed by atoms with van der Waals surface area (Å²) in [4.78, 5) is 25.0. The van der Waals surface area contributed by atoms with Crippen LogP contribution in [-0.2, 0) is 31.8 Å². The maximum atomic E-state index is 12.8. The summed E-state index contributed by atoms with van der Waals surface area (Å²) in [6.07, 6.45) is -2.22. The van der Waals surface area contributed by atoms with Crippen LogP contribution in [0.25, 0.3) is 0 Å². The molecular formula is C34H45N3O8. The van der Waals surface area contributed by atoms with Gasteiger partial charge in [-0.2, -0.15) is 0 Å². The topological polar surface area (TPSA) is 162 Å². The average Bonchev–Trinajstić information content (AvgIpc) is 2.96. The Morgan fingerprint density at radius 1 is 0.667 bits per heavy atom. The summed E-state index contributed by atoms with van der Waals surface area (Å²) >= 11 is 0. The van der Waals surface area contributed by atoms with Crippen LogP contribution in [0.4, 0.5) is 26.7 Å². The van der Waals surface area contributed by atoms with Gasteiger partial charge in [0.05, 0.1) is 38.6 Å². The van der Waals surface area contributed by atoms with Crippen LogP contribution >= 0.6 is 0 Å². The van der Waals surface area contributed by atoms with Crippen LogP contribution in [0.5, 0.6) is 0 Å². The predicted molar refractivity (Wildman–Crippen MR) is 173 cm³/mol. The van der Waals surface area contributed by atoms with E-state index in [2.05, 4.69) is 10.6 Å². The van der Waals surface area contributed by atoms with Gasteiger partial charge in [-0.05, 0) is 93.1 Å². The molecule has 4 unspecified atom stereocenters. The van der Waals surface area contributed by atoms with Gasteiger partial charge in [-0.25, -0.2) is 9.59 Å². The molecule has 0 aromatic heterocycles. The second kappa shape index (κ2) is 18.0. The Kier molecular flexibility index (Phi) is 14.1. The van der Waals surface area contributed by atoms with Gasteiger partial charge in [0.15, 0.2) is 0 Å². The van der Waals surface area contributed by atoms with E-state index in [0.29, 0.717) is 29.9 Å². The smallest absolute Gasteiger partial charge is 0.411 e. The fraction of sp³-hybridized carbons (Fsp3) is 0.412. The zero-order valence-electron chi connectivity index (χ0n) is 26.3. The van der Waals surface area contributed by atoms with E-state index in [1.165, 1.54) is 0 Å². The third kappa shape index (κ3) is 13.6. The molecule has 3 aromatic carbocycles. The van der Waals surface area contributed by atoms with Gasteiger partial charge in [-0.1, -0.05) is 36.4 Å². The molecule has 0 aliphatic heterocycles. The molecule has 0 saturated heterocycles. The van der Waals surface area contributed by atoms with Crippen molar-refractivity contribution in [3.8, 4) is 0 Å². The van der Waals surface area contributed by atoms with Crippen molar-refractivity contribution >= 4 is 29.2 Å². The van der Waals surface area contributed by atoms with Gasteiger partial charge < -0.3 is 34.9 Å². The van der Waals surface area contributed by atoms with Gasteiger partial charge in [0.25, 0.3) is 0 Å². The molecule has 45 heavy (non-hydrogen) atoms. The number of carbonyl (C=O) groups is 2. The Morgan fingerprint density at radius 2 is 1.16 bits per heavy atom. The molecule has 6 N–H and O–H groups in total. The van der Waals surface area contributed by atoms with Crippen molar-refractivity contribution in [2.75, 3.05) is 42.8 Å². The lowest BCUT2D eigenvalue weighted by Crippen LogP contribution is -2.26. The minimum atomic E-state index is -0.606. The Morgan fingerprint density at radius 3 is 1.71 bits per heavy atom. The lowest BCUT2D eigenvalue weighted by Gasteiger charge is -2.17. The summed E-state index contributed by atoms with van der Waals surface area (Å²) in [5.74, 6) is 0. The molecule has 0 bridgehead atoms. The van der Waals surface area contributed by atoms with E-state index in [1.807, 2.05) is 54.6 Å². The number of hydrogen-bond acceptors (Lipinski definition) is 9. The maximum Gasteiger partial charge on any atom is 0.411 e. The van der Waals surface area contributed by atoms with Crippen molar-refractivity contribution in [1.82, 2.24) is 0 Å². The van der Waals surface area contributed by atoms with Gasteiger partial charge in [-0.3, -0.25) is 10.6 Å². The first-order chi connectivity index (χ1) is 21.5. The van der Waals surface area contributed by atoms with Gasteiger partial charge in [-0.15, -0.1) is 0 Å². The summed E-state index contributed by atoms with van der Waals surface area (Å²) in [6.45, 7) is 7.35. The van der Waals surface area contributed by atoms with E-state index in [9.17, 15) is 19.8 Å². The molecule has 3 aromatic rings. The molecule has 244 valence electrons. The molecule has 11 nitrogen and oxygen atoms in total. The number of hydrogen-bond donors (Lipinski definition) is 5. The Balaban J connectivity index is 1.65. The largest absolute Gasteiger partial charge is 0.444 e. The number of nitrogen functional groups attached to an aromatic ring is 1. The quantitative estimate of drug-likeness (QED) is 0.136. The standard InChI is InChI=1S/C34H45N3O8/c1-22(38)18-42-20-24(3)44-33(40)36-31-13-8-26(9-14-31)15-28-5-10-29(16-27-6-11-30(35)12-7-27)32(17-28)37-34(41)45-25(4)21-43-19-23(2)39/h5-14,17,22-25,38-39H,15-16,18-21,35H2,1-4H3,(H,36,40)(H,37,41). The lowest BCUT2D eigenvalue weighted by molar-refractivity contribution is -0.00108. The minimum absolute atomic E-state index is 0.157. The van der Waals surface area contributed by atoms with E-state index in [4.69, 9.17) is 24.7 Å². The summed E-state index contributed by atoms with van der Waals surface area (Å²) in [5.41, 5.74) is 11.6. The Labute approximate surface area is 264 Å². The number of aliphatic hydroxyl groups excluding tert-OH is 2. The average molecular weight is 624 g/mol. The van der Waals surface area contributed by atoms with Gasteiger partial charge in [0.2, 0.25) is 0 Å². The fourth-order valence-corrected chi connectivity index (χ4v) is 4.33. The van der Waals surface area contributed by atoms with Gasteiger partial charge in [0.1, 0.15) is 12.2 Å². The number of ether oxygens (including phenoxy) is 4. The summed E-state index contributed by atoms with van der Waals surface area (Å²) < 4.78 is 21.4. The first-order valence-corrected chi connectivity index (χ1v) is 15.0. The normalized spacial score (nSPS) is 13.7. The zero-order valence-corrected chi connectivity index (χ0v) is 26.3. The van der Waals surface area contributed by atoms with Crippen LogP contribution in [0.3, 0.4) is 0 Å². The predicted octanol–water partition coefficient (Wildman–Crippen LogP) is 5.12. The van der Waals surface area contributed by atoms with Crippen LogP contribution in [0.1, 0.15) is 49.9 Å². The van der Waals surface area contributed by atoms with Crippen molar-refractivity contribution in [3.05, 3.63) is 89.0 Å². The zero-order chi connectivity index (χ0) is 32.8. The van der Waals surface area contributed by atoms with Crippen molar-refractivity contribution in [2.45, 2.75) is 65.0 Å². The van der Waals surface area contributed by atoms with Crippen molar-refractivity contribution in [1.29, 1.82) is 0 Å². The number of aliphatic hydroxyl groups is 2. The number of amides is 2. The van der Waals surface area contributed by atoms with Crippen LogP contribution in [0.15, 0.2) is 66.7 Å². The highest BCUT2D eigenvalue weighted by Gasteiger charge is 2.15. The first kappa shape index (κ1) is 35.3. The fourth-order valence-electron chi connectivity index (χ4n) is 4.33. The highest BCUT2D eigenvalue weighted by atomic mass is 16.6.